The van der Waals surface area contributed by atoms with Crippen molar-refractivity contribution in [2.45, 2.75) is 12.8 Å². The maximum Gasteiger partial charge on any atom is 0.161 e. The zero-order chi connectivity index (χ0) is 13.9. The second-order valence-corrected chi connectivity index (χ2v) is 4.97. The van der Waals surface area contributed by atoms with E-state index in [1.165, 1.54) is 23.2 Å². The van der Waals surface area contributed by atoms with Crippen molar-refractivity contribution in [3.05, 3.63) is 42.0 Å². The number of ether oxygens (including phenoxy) is 2. The van der Waals surface area contributed by atoms with Crippen LogP contribution in [0.5, 0.6) is 11.5 Å². The van der Waals surface area contributed by atoms with Gasteiger partial charge in [-0.15, -0.1) is 0 Å². The first kappa shape index (κ1) is 12.9. The lowest BCUT2D eigenvalue weighted by molar-refractivity contribution is 0.355. The number of fused-ring (bicyclic) bond motifs is 1. The van der Waals surface area contributed by atoms with Crippen LogP contribution in [0.1, 0.15) is 12.0 Å². The molecule has 0 aromatic heterocycles. The maximum atomic E-state index is 5.37. The van der Waals surface area contributed by atoms with Crippen LogP contribution in [0.25, 0.3) is 11.1 Å². The number of anilines is 1. The van der Waals surface area contributed by atoms with E-state index >= 15 is 0 Å². The van der Waals surface area contributed by atoms with Gasteiger partial charge in [-0.3, -0.25) is 0 Å². The van der Waals surface area contributed by atoms with Gasteiger partial charge in [-0.05, 0) is 53.8 Å². The Bertz CT molecular complexity index is 585. The standard InChI is InChI=1S/C17H19NO2/c1-19-16-8-6-13(11-17(16)20-2)12-5-7-15-14(10-12)4-3-9-18-15/h5-8,10-11,18H,3-4,9H2,1-2H3. The van der Waals surface area contributed by atoms with E-state index in [-0.39, 0.29) is 0 Å². The van der Waals surface area contributed by atoms with Crippen molar-refractivity contribution in [1.29, 1.82) is 0 Å². The molecule has 0 spiro atoms. The first-order valence-electron chi connectivity index (χ1n) is 6.91. The summed E-state index contributed by atoms with van der Waals surface area (Å²) in [5.74, 6) is 1.52. The van der Waals surface area contributed by atoms with Gasteiger partial charge in [-0.25, -0.2) is 0 Å². The third kappa shape index (κ3) is 2.31. The Morgan fingerprint density at radius 2 is 1.65 bits per heavy atom. The molecule has 0 aliphatic carbocycles. The summed E-state index contributed by atoms with van der Waals surface area (Å²) < 4.78 is 10.7. The lowest BCUT2D eigenvalue weighted by Gasteiger charge is -2.19. The topological polar surface area (TPSA) is 30.5 Å². The molecule has 3 nitrogen and oxygen atoms in total. The molecular formula is C17H19NO2. The van der Waals surface area contributed by atoms with Crippen LogP contribution in [0.4, 0.5) is 5.69 Å². The van der Waals surface area contributed by atoms with Gasteiger partial charge in [-0.2, -0.15) is 0 Å². The number of methoxy groups -OCH3 is 2. The van der Waals surface area contributed by atoms with Gasteiger partial charge < -0.3 is 14.8 Å². The van der Waals surface area contributed by atoms with Crippen LogP contribution in [-0.2, 0) is 6.42 Å². The van der Waals surface area contributed by atoms with Crippen molar-refractivity contribution in [2.75, 3.05) is 26.1 Å². The summed E-state index contributed by atoms with van der Waals surface area (Å²) in [6.45, 7) is 1.07. The Kier molecular flexibility index (Phi) is 3.50. The van der Waals surface area contributed by atoms with E-state index in [0.717, 1.165) is 30.0 Å². The van der Waals surface area contributed by atoms with Crippen LogP contribution in [0.15, 0.2) is 36.4 Å². The molecule has 104 valence electrons. The number of hydrogen-bond donors (Lipinski definition) is 1. The van der Waals surface area contributed by atoms with Crippen molar-refractivity contribution in [3.8, 4) is 22.6 Å². The maximum absolute atomic E-state index is 5.37. The van der Waals surface area contributed by atoms with Gasteiger partial charge in [0.25, 0.3) is 0 Å². The summed E-state index contributed by atoms with van der Waals surface area (Å²) in [6.07, 6.45) is 2.34. The molecule has 0 unspecified atom stereocenters. The predicted octanol–water partition coefficient (Wildman–Crippen LogP) is 3.73. The summed E-state index contributed by atoms with van der Waals surface area (Å²) in [5.41, 5.74) is 5.02. The second kappa shape index (κ2) is 5.45. The summed E-state index contributed by atoms with van der Waals surface area (Å²) in [7, 11) is 3.32. The van der Waals surface area contributed by atoms with E-state index in [1.54, 1.807) is 14.2 Å². The Balaban J connectivity index is 2.00. The van der Waals surface area contributed by atoms with Crippen LogP contribution in [0, 0.1) is 0 Å². The van der Waals surface area contributed by atoms with Crippen LogP contribution < -0.4 is 14.8 Å². The Labute approximate surface area is 119 Å². The molecular weight excluding hydrogens is 250 g/mol. The summed E-state index contributed by atoms with van der Waals surface area (Å²) in [4.78, 5) is 0. The van der Waals surface area contributed by atoms with E-state index in [4.69, 9.17) is 9.47 Å². The van der Waals surface area contributed by atoms with Crippen LogP contribution >= 0.6 is 0 Å². The molecule has 0 bridgehead atoms. The predicted molar refractivity (Wildman–Crippen MR) is 81.8 cm³/mol. The molecule has 20 heavy (non-hydrogen) atoms. The highest BCUT2D eigenvalue weighted by molar-refractivity contribution is 5.71. The number of benzene rings is 2. The summed E-state index contributed by atoms with van der Waals surface area (Å²) in [5, 5.41) is 3.44. The smallest absolute Gasteiger partial charge is 0.161 e. The van der Waals surface area contributed by atoms with Crippen LogP contribution in [0.2, 0.25) is 0 Å². The fourth-order valence-electron chi connectivity index (χ4n) is 2.67. The molecule has 3 heteroatoms. The first-order valence-corrected chi connectivity index (χ1v) is 6.91. The highest BCUT2D eigenvalue weighted by atomic mass is 16.5. The molecule has 2 aromatic rings. The second-order valence-electron chi connectivity index (χ2n) is 4.97. The van der Waals surface area contributed by atoms with Gasteiger partial charge in [0.2, 0.25) is 0 Å². The van der Waals surface area contributed by atoms with Crippen molar-refractivity contribution in [2.24, 2.45) is 0 Å². The highest BCUT2D eigenvalue weighted by Gasteiger charge is 2.11. The van der Waals surface area contributed by atoms with Crippen LogP contribution in [-0.4, -0.2) is 20.8 Å². The molecule has 0 atom stereocenters. The van der Waals surface area contributed by atoms with E-state index in [9.17, 15) is 0 Å². The minimum Gasteiger partial charge on any atom is -0.493 e. The van der Waals surface area contributed by atoms with E-state index in [0.29, 0.717) is 0 Å². The molecule has 0 amide bonds. The lowest BCUT2D eigenvalue weighted by Crippen LogP contribution is -2.11. The number of rotatable bonds is 3. The molecule has 3 rings (SSSR count). The minimum absolute atomic E-state index is 0.760. The van der Waals surface area contributed by atoms with Crippen molar-refractivity contribution in [1.82, 2.24) is 0 Å². The van der Waals surface area contributed by atoms with Crippen LogP contribution in [0.3, 0.4) is 0 Å². The Morgan fingerprint density at radius 3 is 2.45 bits per heavy atom. The molecule has 0 fully saturated rings. The first-order chi connectivity index (χ1) is 9.81. The van der Waals surface area contributed by atoms with E-state index < -0.39 is 0 Å². The SMILES string of the molecule is COc1ccc(-c2ccc3c(c2)CCCN3)cc1OC. The number of nitrogens with one attached hydrogen (secondary N) is 1. The van der Waals surface area contributed by atoms with E-state index in [1.807, 2.05) is 12.1 Å². The average Bonchev–Trinajstić information content (AvgIpc) is 2.53. The Morgan fingerprint density at radius 1 is 0.900 bits per heavy atom. The zero-order valence-electron chi connectivity index (χ0n) is 11.9. The van der Waals surface area contributed by atoms with Gasteiger partial charge in [0.05, 0.1) is 14.2 Å². The van der Waals surface area contributed by atoms with E-state index in [2.05, 4.69) is 29.6 Å². The summed E-state index contributed by atoms with van der Waals surface area (Å²) in [6, 6.07) is 12.6. The van der Waals surface area contributed by atoms with Gasteiger partial charge in [0.15, 0.2) is 11.5 Å². The number of aryl methyl sites for hydroxylation is 1. The average molecular weight is 269 g/mol. The molecule has 0 saturated heterocycles. The third-order valence-electron chi connectivity index (χ3n) is 3.76. The molecule has 0 saturated carbocycles. The van der Waals surface area contributed by atoms with Crippen molar-refractivity contribution < 1.29 is 9.47 Å². The molecule has 1 heterocycles. The van der Waals surface area contributed by atoms with Gasteiger partial charge in [0.1, 0.15) is 0 Å². The lowest BCUT2D eigenvalue weighted by atomic mass is 9.97. The fourth-order valence-corrected chi connectivity index (χ4v) is 2.67. The third-order valence-corrected chi connectivity index (χ3v) is 3.76. The van der Waals surface area contributed by atoms with Gasteiger partial charge in [-0.1, -0.05) is 12.1 Å². The monoisotopic (exact) mass is 269 g/mol. The van der Waals surface area contributed by atoms with Crippen molar-refractivity contribution >= 4 is 5.69 Å². The van der Waals surface area contributed by atoms with Crippen molar-refractivity contribution in [3.63, 3.8) is 0 Å². The highest BCUT2D eigenvalue weighted by Crippen LogP contribution is 2.34. The minimum atomic E-state index is 0.760. The fraction of sp³-hybridized carbons (Fsp3) is 0.294. The zero-order valence-corrected chi connectivity index (χ0v) is 11.9. The molecule has 1 aliphatic heterocycles. The largest absolute Gasteiger partial charge is 0.493 e. The van der Waals surface area contributed by atoms with Gasteiger partial charge >= 0.3 is 0 Å². The normalized spacial score (nSPS) is 13.3. The molecule has 2 aromatic carbocycles. The molecule has 1 N–H and O–H groups in total. The Hall–Kier alpha value is -2.16. The van der Waals surface area contributed by atoms with Gasteiger partial charge in [0, 0.05) is 12.2 Å². The molecule has 0 radical (unpaired) electrons. The quantitative estimate of drug-likeness (QED) is 0.921. The summed E-state index contributed by atoms with van der Waals surface area (Å²) >= 11 is 0. The molecule has 1 aliphatic rings. The number of hydrogen-bond acceptors (Lipinski definition) is 3.